The van der Waals surface area contributed by atoms with Crippen molar-refractivity contribution in [1.82, 2.24) is 0 Å². The van der Waals surface area contributed by atoms with Crippen molar-refractivity contribution >= 4 is 0 Å². The molecule has 1 unspecified atom stereocenters. The van der Waals surface area contributed by atoms with Crippen LogP contribution in [0.5, 0.6) is 0 Å². The first-order chi connectivity index (χ1) is 2.43. The molecule has 38 valence electrons. The molecular formula is C5H12O. The molecule has 1 fully saturated rings. The zero-order chi connectivity index (χ0) is 3.70. The Kier molecular flexibility index (Phi) is 2.18. The molecule has 1 aliphatic heterocycles. The topological polar surface area (TPSA) is 12.5 Å². The molecule has 0 aromatic heterocycles. The summed E-state index contributed by atoms with van der Waals surface area (Å²) >= 11 is 0. The lowest BCUT2D eigenvalue weighted by atomic mass is 10.4. The van der Waals surface area contributed by atoms with Crippen molar-refractivity contribution in [2.75, 3.05) is 6.61 Å². The van der Waals surface area contributed by atoms with Gasteiger partial charge in [0.1, 0.15) is 0 Å². The number of hydrogen-bond donors (Lipinski definition) is 0. The van der Waals surface area contributed by atoms with E-state index >= 15 is 0 Å². The highest BCUT2D eigenvalue weighted by Crippen LogP contribution is 2.10. The molecule has 1 heteroatoms. The van der Waals surface area contributed by atoms with Crippen molar-refractivity contribution in [3.8, 4) is 0 Å². The van der Waals surface area contributed by atoms with Gasteiger partial charge in [0.15, 0.2) is 0 Å². The van der Waals surface area contributed by atoms with Crippen LogP contribution in [0.1, 0.15) is 20.8 Å². The minimum absolute atomic E-state index is 0. The first-order valence-corrected chi connectivity index (χ1v) is 2.05. The minimum Gasteiger partial charge on any atom is -0.373 e. The molecule has 6 heavy (non-hydrogen) atoms. The first kappa shape index (κ1) is 5.96. The summed E-state index contributed by atoms with van der Waals surface area (Å²) in [7, 11) is 0. The first-order valence-electron chi connectivity index (χ1n) is 2.05. The molecule has 0 spiro atoms. The number of epoxide rings is 1. The zero-order valence-corrected chi connectivity index (χ0v) is 3.40. The lowest BCUT2D eigenvalue weighted by Crippen LogP contribution is -1.73. The summed E-state index contributed by atoms with van der Waals surface area (Å²) in [6.07, 6.45) is 1.83. The third-order valence-corrected chi connectivity index (χ3v) is 0.858. The average Bonchev–Trinajstić information content (AvgIpc) is 2.12. The molecule has 0 N–H and O–H groups in total. The predicted molar refractivity (Wildman–Crippen MR) is 26.8 cm³/mol. The quantitative estimate of drug-likeness (QED) is 0.442. The van der Waals surface area contributed by atoms with Crippen LogP contribution in [0, 0.1) is 0 Å². The highest BCUT2D eigenvalue weighted by Gasteiger charge is 2.18. The van der Waals surface area contributed by atoms with Crippen LogP contribution in [0.4, 0.5) is 0 Å². The van der Waals surface area contributed by atoms with E-state index in [0.717, 1.165) is 6.61 Å². The van der Waals surface area contributed by atoms with Crippen molar-refractivity contribution < 1.29 is 4.74 Å². The maximum absolute atomic E-state index is 4.86. The van der Waals surface area contributed by atoms with Crippen LogP contribution in [0.15, 0.2) is 0 Å². The SMILES string of the molecule is C.CCC1CO1. The number of hydrogen-bond acceptors (Lipinski definition) is 1. The Bertz CT molecular complexity index is 30.9. The van der Waals surface area contributed by atoms with E-state index in [2.05, 4.69) is 6.92 Å². The fourth-order valence-electron chi connectivity index (χ4n) is 0.304. The maximum Gasteiger partial charge on any atom is 0.0807 e. The summed E-state index contributed by atoms with van der Waals surface area (Å²) in [5, 5.41) is 0. The smallest absolute Gasteiger partial charge is 0.0807 e. The van der Waals surface area contributed by atoms with E-state index in [9.17, 15) is 0 Å². The van der Waals surface area contributed by atoms with E-state index in [1.165, 1.54) is 6.42 Å². The van der Waals surface area contributed by atoms with Gasteiger partial charge < -0.3 is 4.74 Å². The summed E-state index contributed by atoms with van der Waals surface area (Å²) in [6.45, 7) is 3.15. The van der Waals surface area contributed by atoms with Crippen molar-refractivity contribution in [3.05, 3.63) is 0 Å². The Morgan fingerprint density at radius 1 is 1.83 bits per heavy atom. The van der Waals surface area contributed by atoms with Gasteiger partial charge in [-0.05, 0) is 6.42 Å². The summed E-state index contributed by atoms with van der Waals surface area (Å²) in [5.41, 5.74) is 0. The van der Waals surface area contributed by atoms with Gasteiger partial charge in [0.25, 0.3) is 0 Å². The molecule has 1 rings (SSSR count). The van der Waals surface area contributed by atoms with Crippen molar-refractivity contribution in [1.29, 1.82) is 0 Å². The van der Waals surface area contributed by atoms with E-state index in [1.54, 1.807) is 0 Å². The van der Waals surface area contributed by atoms with Crippen LogP contribution in [0.3, 0.4) is 0 Å². The lowest BCUT2D eigenvalue weighted by Gasteiger charge is -1.69. The molecule has 0 saturated carbocycles. The molecule has 0 aromatic rings. The van der Waals surface area contributed by atoms with Crippen LogP contribution in [0.2, 0.25) is 0 Å². The molecule has 0 radical (unpaired) electrons. The van der Waals surface area contributed by atoms with E-state index in [-0.39, 0.29) is 7.43 Å². The normalized spacial score (nSPS) is 28.5. The molecule has 1 saturated heterocycles. The van der Waals surface area contributed by atoms with Crippen molar-refractivity contribution in [3.63, 3.8) is 0 Å². The fraction of sp³-hybridized carbons (Fsp3) is 1.00. The molecule has 1 nitrogen and oxygen atoms in total. The highest BCUT2D eigenvalue weighted by atomic mass is 16.6. The Hall–Kier alpha value is -0.0400. The molecular weight excluding hydrogens is 76.1 g/mol. The summed E-state index contributed by atoms with van der Waals surface area (Å²) in [6, 6.07) is 0. The van der Waals surface area contributed by atoms with Gasteiger partial charge in [-0.15, -0.1) is 0 Å². The second-order valence-corrected chi connectivity index (χ2v) is 1.36. The monoisotopic (exact) mass is 88.1 g/mol. The number of ether oxygens (including phenoxy) is 1. The van der Waals surface area contributed by atoms with Gasteiger partial charge in [-0.2, -0.15) is 0 Å². The fourth-order valence-corrected chi connectivity index (χ4v) is 0.304. The van der Waals surface area contributed by atoms with E-state index in [4.69, 9.17) is 4.74 Å². The lowest BCUT2D eigenvalue weighted by molar-refractivity contribution is 0.403. The maximum atomic E-state index is 4.86. The van der Waals surface area contributed by atoms with Gasteiger partial charge in [0, 0.05) is 0 Å². The second kappa shape index (κ2) is 2.19. The third-order valence-electron chi connectivity index (χ3n) is 0.858. The summed E-state index contributed by atoms with van der Waals surface area (Å²) in [5.74, 6) is 0. The van der Waals surface area contributed by atoms with Gasteiger partial charge in [0.2, 0.25) is 0 Å². The van der Waals surface area contributed by atoms with Crippen LogP contribution in [-0.4, -0.2) is 12.7 Å². The Morgan fingerprint density at radius 3 is 2.33 bits per heavy atom. The van der Waals surface area contributed by atoms with Gasteiger partial charge in [-0.3, -0.25) is 0 Å². The van der Waals surface area contributed by atoms with Crippen molar-refractivity contribution in [2.24, 2.45) is 0 Å². The molecule has 0 aliphatic carbocycles. The summed E-state index contributed by atoms with van der Waals surface area (Å²) in [4.78, 5) is 0. The van der Waals surface area contributed by atoms with Gasteiger partial charge >= 0.3 is 0 Å². The Morgan fingerprint density at radius 2 is 2.33 bits per heavy atom. The standard InChI is InChI=1S/C4H8O.CH4/c1-2-4-3-5-4;/h4H,2-3H2,1H3;1H4. The van der Waals surface area contributed by atoms with Crippen molar-refractivity contribution in [2.45, 2.75) is 26.9 Å². The van der Waals surface area contributed by atoms with E-state index in [1.807, 2.05) is 0 Å². The molecule has 0 bridgehead atoms. The second-order valence-electron chi connectivity index (χ2n) is 1.36. The largest absolute Gasteiger partial charge is 0.373 e. The molecule has 1 aliphatic rings. The average molecular weight is 88.2 g/mol. The van der Waals surface area contributed by atoms with Crippen LogP contribution in [-0.2, 0) is 4.74 Å². The van der Waals surface area contributed by atoms with E-state index < -0.39 is 0 Å². The third kappa shape index (κ3) is 1.41. The highest BCUT2D eigenvalue weighted by molar-refractivity contribution is 4.64. The summed E-state index contributed by atoms with van der Waals surface area (Å²) < 4.78 is 4.86. The molecule has 1 heterocycles. The van der Waals surface area contributed by atoms with Crippen LogP contribution >= 0.6 is 0 Å². The predicted octanol–water partition coefficient (Wildman–Crippen LogP) is 1.43. The van der Waals surface area contributed by atoms with Crippen LogP contribution < -0.4 is 0 Å². The van der Waals surface area contributed by atoms with E-state index in [0.29, 0.717) is 6.10 Å². The van der Waals surface area contributed by atoms with Gasteiger partial charge in [-0.1, -0.05) is 14.4 Å². The van der Waals surface area contributed by atoms with Gasteiger partial charge in [0.05, 0.1) is 12.7 Å². The minimum atomic E-state index is 0. The molecule has 1 atom stereocenters. The van der Waals surface area contributed by atoms with Gasteiger partial charge in [-0.25, -0.2) is 0 Å². The Balaban J connectivity index is 0.000000250. The molecule has 0 amide bonds. The van der Waals surface area contributed by atoms with Crippen LogP contribution in [0.25, 0.3) is 0 Å². The zero-order valence-electron chi connectivity index (χ0n) is 3.40. The Labute approximate surface area is 39.3 Å². The number of rotatable bonds is 1. The molecule has 0 aromatic carbocycles.